The summed E-state index contributed by atoms with van der Waals surface area (Å²) >= 11 is 0. The maximum atomic E-state index is 5.41. The van der Waals surface area contributed by atoms with Gasteiger partial charge < -0.3 is 10.5 Å². The van der Waals surface area contributed by atoms with Crippen LogP contribution in [-0.2, 0) is 4.74 Å². The fraction of sp³-hybridized carbons (Fsp3) is 1.00. The molecular weight excluding hydrogens is 202 g/mol. The topological polar surface area (TPSA) is 41.7 Å². The summed E-state index contributed by atoms with van der Waals surface area (Å²) in [5.41, 5.74) is 5.38. The summed E-state index contributed by atoms with van der Waals surface area (Å²) in [6.45, 7) is 12.4. The van der Waals surface area contributed by atoms with Gasteiger partial charge in [0.25, 0.3) is 0 Å². The number of hydrogen-bond donors (Lipinski definition) is 1. The lowest BCUT2D eigenvalue weighted by atomic mass is 10.2. The molecule has 0 radical (unpaired) electrons. The van der Waals surface area contributed by atoms with E-state index >= 15 is 0 Å². The summed E-state index contributed by atoms with van der Waals surface area (Å²) in [5, 5.41) is 0. The molecule has 1 aliphatic heterocycles. The van der Waals surface area contributed by atoms with Crippen molar-refractivity contribution in [1.29, 1.82) is 0 Å². The zero-order valence-electron chi connectivity index (χ0n) is 10.8. The second kappa shape index (κ2) is 8.01. The summed E-state index contributed by atoms with van der Waals surface area (Å²) in [6, 6.07) is 0.754. The molecule has 0 aromatic heterocycles. The number of likely N-dealkylation sites (N-methyl/N-ethyl adjacent to an activating group) is 1. The standard InChI is InChI=1S/C12H27N3O/c1-3-15(4-2)12-5-7-14(11-12)8-10-16-9-6-13/h12H,3-11,13H2,1-2H3. The summed E-state index contributed by atoms with van der Waals surface area (Å²) in [7, 11) is 0. The molecule has 0 spiro atoms. The molecule has 0 aliphatic carbocycles. The van der Waals surface area contributed by atoms with E-state index in [1.165, 1.54) is 32.6 Å². The van der Waals surface area contributed by atoms with Gasteiger partial charge in [-0.05, 0) is 26.1 Å². The molecule has 1 unspecified atom stereocenters. The zero-order chi connectivity index (χ0) is 11.8. The third kappa shape index (κ3) is 4.37. The predicted octanol–water partition coefficient (Wildman–Crippen LogP) is 0.378. The largest absolute Gasteiger partial charge is 0.379 e. The first kappa shape index (κ1) is 13.9. The Bertz CT molecular complexity index is 174. The minimum absolute atomic E-state index is 0.627. The van der Waals surface area contributed by atoms with Crippen LogP contribution in [-0.4, -0.2) is 68.3 Å². The van der Waals surface area contributed by atoms with Crippen molar-refractivity contribution in [1.82, 2.24) is 9.80 Å². The Morgan fingerprint density at radius 3 is 2.69 bits per heavy atom. The highest BCUT2D eigenvalue weighted by atomic mass is 16.5. The van der Waals surface area contributed by atoms with Crippen LogP contribution in [0.5, 0.6) is 0 Å². The van der Waals surface area contributed by atoms with Gasteiger partial charge in [-0.1, -0.05) is 13.8 Å². The van der Waals surface area contributed by atoms with E-state index < -0.39 is 0 Å². The normalized spacial score (nSPS) is 22.1. The molecule has 16 heavy (non-hydrogen) atoms. The SMILES string of the molecule is CCN(CC)C1CCN(CCOCCN)C1. The third-order valence-corrected chi connectivity index (χ3v) is 3.39. The summed E-state index contributed by atoms with van der Waals surface area (Å²) in [4.78, 5) is 5.06. The second-order valence-corrected chi connectivity index (χ2v) is 4.37. The first-order valence-electron chi connectivity index (χ1n) is 6.56. The molecule has 0 amide bonds. The molecule has 0 aromatic rings. The van der Waals surface area contributed by atoms with Gasteiger partial charge in [0, 0.05) is 25.7 Å². The molecule has 96 valence electrons. The van der Waals surface area contributed by atoms with E-state index in [-0.39, 0.29) is 0 Å². The maximum Gasteiger partial charge on any atom is 0.0594 e. The Morgan fingerprint density at radius 2 is 2.06 bits per heavy atom. The zero-order valence-corrected chi connectivity index (χ0v) is 10.8. The van der Waals surface area contributed by atoms with Crippen molar-refractivity contribution in [3.63, 3.8) is 0 Å². The van der Waals surface area contributed by atoms with Crippen molar-refractivity contribution in [2.24, 2.45) is 5.73 Å². The predicted molar refractivity (Wildman–Crippen MR) is 67.6 cm³/mol. The Labute approximate surface area is 99.7 Å². The lowest BCUT2D eigenvalue weighted by molar-refractivity contribution is 0.113. The van der Waals surface area contributed by atoms with Gasteiger partial charge in [0.2, 0.25) is 0 Å². The van der Waals surface area contributed by atoms with Crippen LogP contribution in [0.2, 0.25) is 0 Å². The van der Waals surface area contributed by atoms with Crippen LogP contribution in [0.4, 0.5) is 0 Å². The lowest BCUT2D eigenvalue weighted by Crippen LogP contribution is -2.37. The maximum absolute atomic E-state index is 5.41. The van der Waals surface area contributed by atoms with Crippen LogP contribution in [0, 0.1) is 0 Å². The van der Waals surface area contributed by atoms with Crippen LogP contribution >= 0.6 is 0 Å². The number of hydrogen-bond acceptors (Lipinski definition) is 4. The first-order chi connectivity index (χ1) is 7.81. The molecule has 2 N–H and O–H groups in total. The quantitative estimate of drug-likeness (QED) is 0.611. The highest BCUT2D eigenvalue weighted by Crippen LogP contribution is 2.14. The number of ether oxygens (including phenoxy) is 1. The van der Waals surface area contributed by atoms with Crippen LogP contribution in [0.1, 0.15) is 20.3 Å². The minimum Gasteiger partial charge on any atom is -0.379 e. The van der Waals surface area contributed by atoms with E-state index in [0.29, 0.717) is 13.2 Å². The molecule has 0 bridgehead atoms. The molecule has 1 rings (SSSR count). The third-order valence-electron chi connectivity index (χ3n) is 3.39. The summed E-state index contributed by atoms with van der Waals surface area (Å²) < 4.78 is 5.41. The molecule has 1 saturated heterocycles. The fourth-order valence-electron chi connectivity index (χ4n) is 2.43. The highest BCUT2D eigenvalue weighted by molar-refractivity contribution is 4.82. The van der Waals surface area contributed by atoms with E-state index in [1.54, 1.807) is 0 Å². The van der Waals surface area contributed by atoms with Crippen LogP contribution in [0.25, 0.3) is 0 Å². The Balaban J connectivity index is 2.14. The van der Waals surface area contributed by atoms with Crippen molar-refractivity contribution < 1.29 is 4.74 Å². The van der Waals surface area contributed by atoms with Gasteiger partial charge in [-0.15, -0.1) is 0 Å². The lowest BCUT2D eigenvalue weighted by Gasteiger charge is -2.26. The van der Waals surface area contributed by atoms with Gasteiger partial charge in [0.05, 0.1) is 13.2 Å². The average molecular weight is 229 g/mol. The Hall–Kier alpha value is -0.160. The van der Waals surface area contributed by atoms with Gasteiger partial charge in [-0.25, -0.2) is 0 Å². The Morgan fingerprint density at radius 1 is 1.31 bits per heavy atom. The highest BCUT2D eigenvalue weighted by Gasteiger charge is 2.25. The van der Waals surface area contributed by atoms with E-state index in [4.69, 9.17) is 10.5 Å². The number of rotatable bonds is 8. The molecule has 4 heteroatoms. The van der Waals surface area contributed by atoms with Crippen molar-refractivity contribution >= 4 is 0 Å². The average Bonchev–Trinajstić information content (AvgIpc) is 2.75. The molecular formula is C12H27N3O. The van der Waals surface area contributed by atoms with E-state index in [1.807, 2.05) is 0 Å². The molecule has 1 aliphatic rings. The van der Waals surface area contributed by atoms with E-state index in [2.05, 4.69) is 23.6 Å². The van der Waals surface area contributed by atoms with Crippen LogP contribution in [0.15, 0.2) is 0 Å². The molecule has 1 heterocycles. The smallest absolute Gasteiger partial charge is 0.0594 e. The number of nitrogens with two attached hydrogens (primary N) is 1. The first-order valence-corrected chi connectivity index (χ1v) is 6.56. The summed E-state index contributed by atoms with van der Waals surface area (Å²) in [6.07, 6.45) is 1.30. The van der Waals surface area contributed by atoms with Gasteiger partial charge in [-0.2, -0.15) is 0 Å². The van der Waals surface area contributed by atoms with Crippen molar-refractivity contribution in [3.05, 3.63) is 0 Å². The van der Waals surface area contributed by atoms with E-state index in [0.717, 1.165) is 19.2 Å². The monoisotopic (exact) mass is 229 g/mol. The van der Waals surface area contributed by atoms with Crippen LogP contribution in [0.3, 0.4) is 0 Å². The van der Waals surface area contributed by atoms with Gasteiger partial charge in [0.15, 0.2) is 0 Å². The van der Waals surface area contributed by atoms with Gasteiger partial charge in [0.1, 0.15) is 0 Å². The number of nitrogens with zero attached hydrogens (tertiary/aromatic N) is 2. The van der Waals surface area contributed by atoms with Crippen LogP contribution < -0.4 is 5.73 Å². The Kier molecular flexibility index (Phi) is 6.96. The molecule has 0 aromatic carbocycles. The van der Waals surface area contributed by atoms with Gasteiger partial charge in [-0.3, -0.25) is 9.80 Å². The van der Waals surface area contributed by atoms with Crippen molar-refractivity contribution in [3.8, 4) is 0 Å². The number of likely N-dealkylation sites (tertiary alicyclic amines) is 1. The molecule has 1 atom stereocenters. The van der Waals surface area contributed by atoms with E-state index in [9.17, 15) is 0 Å². The molecule has 0 saturated carbocycles. The van der Waals surface area contributed by atoms with Crippen molar-refractivity contribution in [2.45, 2.75) is 26.3 Å². The molecule has 4 nitrogen and oxygen atoms in total. The van der Waals surface area contributed by atoms with Gasteiger partial charge >= 0.3 is 0 Å². The minimum atomic E-state index is 0.627. The second-order valence-electron chi connectivity index (χ2n) is 4.37. The fourth-order valence-corrected chi connectivity index (χ4v) is 2.43. The molecule has 1 fully saturated rings. The van der Waals surface area contributed by atoms with Crippen molar-refractivity contribution in [2.75, 3.05) is 52.5 Å². The summed E-state index contributed by atoms with van der Waals surface area (Å²) in [5.74, 6) is 0.